The van der Waals surface area contributed by atoms with Gasteiger partial charge >= 0.3 is 0 Å². The fourth-order valence-corrected chi connectivity index (χ4v) is 2.21. The molecule has 1 aromatic heterocycles. The number of carbonyl (C=O) groups is 1. The summed E-state index contributed by atoms with van der Waals surface area (Å²) in [6.45, 7) is 2.51. The lowest BCUT2D eigenvalue weighted by Gasteiger charge is -2.08. The van der Waals surface area contributed by atoms with Crippen molar-refractivity contribution in [2.45, 2.75) is 39.0 Å². The lowest BCUT2D eigenvalue weighted by Crippen LogP contribution is -2.26. The van der Waals surface area contributed by atoms with Gasteiger partial charge in [0.1, 0.15) is 5.82 Å². The number of aryl methyl sites for hydroxylation is 1. The topological polar surface area (TPSA) is 70.7 Å². The fourth-order valence-electron chi connectivity index (χ4n) is 2.21. The fraction of sp³-hybridized carbons (Fsp3) is 0.727. The summed E-state index contributed by atoms with van der Waals surface area (Å²) in [7, 11) is 0. The van der Waals surface area contributed by atoms with Crippen molar-refractivity contribution in [1.82, 2.24) is 20.5 Å². The molecule has 1 aliphatic carbocycles. The summed E-state index contributed by atoms with van der Waals surface area (Å²) in [6, 6.07) is 0. The van der Waals surface area contributed by atoms with Gasteiger partial charge in [0.05, 0.1) is 0 Å². The average molecular weight is 222 g/mol. The van der Waals surface area contributed by atoms with Crippen LogP contribution in [0.4, 0.5) is 0 Å². The minimum Gasteiger partial charge on any atom is -0.349 e. The number of rotatable bonds is 4. The van der Waals surface area contributed by atoms with Crippen molar-refractivity contribution in [2.75, 3.05) is 6.54 Å². The molecular weight excluding hydrogens is 204 g/mol. The van der Waals surface area contributed by atoms with Gasteiger partial charge in [-0.25, -0.2) is 4.98 Å². The quantitative estimate of drug-likeness (QED) is 0.809. The Balaban J connectivity index is 1.71. The second-order valence-electron chi connectivity index (χ2n) is 4.44. The maximum absolute atomic E-state index is 11.6. The molecule has 0 unspecified atom stereocenters. The van der Waals surface area contributed by atoms with Crippen LogP contribution in [0.1, 0.15) is 48.5 Å². The number of aromatic nitrogens is 3. The minimum atomic E-state index is -0.178. The Labute approximate surface area is 95.0 Å². The van der Waals surface area contributed by atoms with Crippen LogP contribution in [0.2, 0.25) is 0 Å². The number of aromatic amines is 1. The van der Waals surface area contributed by atoms with Crippen LogP contribution in [0.3, 0.4) is 0 Å². The van der Waals surface area contributed by atoms with E-state index in [0.717, 1.165) is 18.9 Å². The van der Waals surface area contributed by atoms with Gasteiger partial charge in [-0.2, -0.15) is 0 Å². The van der Waals surface area contributed by atoms with E-state index in [4.69, 9.17) is 0 Å². The number of H-pyrrole nitrogens is 1. The van der Waals surface area contributed by atoms with E-state index in [9.17, 15) is 4.79 Å². The maximum atomic E-state index is 11.6. The van der Waals surface area contributed by atoms with E-state index in [1.807, 2.05) is 0 Å². The van der Waals surface area contributed by atoms with Crippen molar-refractivity contribution in [1.29, 1.82) is 0 Å². The molecule has 1 aliphatic rings. The highest BCUT2D eigenvalue weighted by atomic mass is 16.2. The van der Waals surface area contributed by atoms with E-state index in [-0.39, 0.29) is 11.7 Å². The summed E-state index contributed by atoms with van der Waals surface area (Å²) in [5.74, 6) is 1.53. The summed E-state index contributed by atoms with van der Waals surface area (Å²) in [6.07, 6.45) is 6.40. The highest BCUT2D eigenvalue weighted by molar-refractivity contribution is 5.90. The van der Waals surface area contributed by atoms with Gasteiger partial charge in [0.25, 0.3) is 5.91 Å². The Morgan fingerprint density at radius 2 is 2.25 bits per heavy atom. The van der Waals surface area contributed by atoms with Crippen molar-refractivity contribution >= 4 is 5.91 Å². The molecule has 5 nitrogen and oxygen atoms in total. The predicted molar refractivity (Wildman–Crippen MR) is 60.0 cm³/mol. The molecule has 0 spiro atoms. The second-order valence-corrected chi connectivity index (χ2v) is 4.44. The van der Waals surface area contributed by atoms with E-state index >= 15 is 0 Å². The first-order valence-corrected chi connectivity index (χ1v) is 5.93. The maximum Gasteiger partial charge on any atom is 0.290 e. The normalized spacial score (nSPS) is 16.6. The van der Waals surface area contributed by atoms with Crippen LogP contribution in [0, 0.1) is 12.8 Å². The molecule has 0 aliphatic heterocycles. The van der Waals surface area contributed by atoms with Crippen LogP contribution in [0.5, 0.6) is 0 Å². The number of nitrogens with zero attached hydrogens (tertiary/aromatic N) is 2. The third kappa shape index (κ3) is 2.81. The highest BCUT2D eigenvalue weighted by Crippen LogP contribution is 2.26. The molecule has 5 heteroatoms. The largest absolute Gasteiger partial charge is 0.349 e. The molecule has 0 radical (unpaired) electrons. The van der Waals surface area contributed by atoms with E-state index in [2.05, 4.69) is 20.5 Å². The van der Waals surface area contributed by atoms with E-state index in [0.29, 0.717) is 5.82 Å². The first-order valence-electron chi connectivity index (χ1n) is 5.93. The smallest absolute Gasteiger partial charge is 0.290 e. The zero-order chi connectivity index (χ0) is 11.4. The molecule has 1 saturated carbocycles. The zero-order valence-electron chi connectivity index (χ0n) is 9.62. The molecule has 0 aromatic carbocycles. The van der Waals surface area contributed by atoms with Gasteiger partial charge in [0.15, 0.2) is 0 Å². The van der Waals surface area contributed by atoms with E-state index in [1.165, 1.54) is 25.7 Å². The predicted octanol–water partition coefficient (Wildman–Crippen LogP) is 1.42. The number of hydrogen-bond acceptors (Lipinski definition) is 3. The summed E-state index contributed by atoms with van der Waals surface area (Å²) >= 11 is 0. The molecule has 0 bridgehead atoms. The van der Waals surface area contributed by atoms with Crippen molar-refractivity contribution in [2.24, 2.45) is 5.92 Å². The Bertz CT molecular complexity index is 355. The van der Waals surface area contributed by atoms with Crippen molar-refractivity contribution in [3.63, 3.8) is 0 Å². The third-order valence-electron chi connectivity index (χ3n) is 3.11. The Hall–Kier alpha value is -1.39. The second kappa shape index (κ2) is 5.09. The third-order valence-corrected chi connectivity index (χ3v) is 3.11. The minimum absolute atomic E-state index is 0.178. The molecule has 0 saturated heterocycles. The Morgan fingerprint density at radius 1 is 1.50 bits per heavy atom. The number of amides is 1. The number of hydrogen-bond donors (Lipinski definition) is 2. The van der Waals surface area contributed by atoms with Crippen LogP contribution in [0.25, 0.3) is 0 Å². The molecule has 1 aromatic rings. The summed E-state index contributed by atoms with van der Waals surface area (Å²) in [5, 5.41) is 9.33. The standard InChI is InChI=1S/C11H18N4O/c1-8-13-10(15-14-8)11(16)12-7-6-9-4-2-3-5-9/h9H,2-7H2,1H3,(H,12,16)(H,13,14,15). The van der Waals surface area contributed by atoms with Gasteiger partial charge in [-0.05, 0) is 19.3 Å². The first-order chi connectivity index (χ1) is 7.75. The lowest BCUT2D eigenvalue weighted by molar-refractivity contribution is 0.0941. The Morgan fingerprint density at radius 3 is 2.88 bits per heavy atom. The van der Waals surface area contributed by atoms with Crippen LogP contribution < -0.4 is 5.32 Å². The Kier molecular flexibility index (Phi) is 3.54. The van der Waals surface area contributed by atoms with Crippen LogP contribution in [0.15, 0.2) is 0 Å². The van der Waals surface area contributed by atoms with Gasteiger partial charge in [-0.15, -0.1) is 5.10 Å². The van der Waals surface area contributed by atoms with Gasteiger partial charge in [-0.3, -0.25) is 9.89 Å². The van der Waals surface area contributed by atoms with Crippen molar-refractivity contribution in [3.8, 4) is 0 Å². The zero-order valence-corrected chi connectivity index (χ0v) is 9.62. The summed E-state index contributed by atoms with van der Waals surface area (Å²) in [5.41, 5.74) is 0. The number of carbonyl (C=O) groups excluding carboxylic acids is 1. The molecule has 1 amide bonds. The van der Waals surface area contributed by atoms with Crippen molar-refractivity contribution < 1.29 is 4.79 Å². The van der Waals surface area contributed by atoms with Gasteiger partial charge < -0.3 is 5.32 Å². The van der Waals surface area contributed by atoms with Crippen LogP contribution >= 0.6 is 0 Å². The molecule has 16 heavy (non-hydrogen) atoms. The van der Waals surface area contributed by atoms with E-state index in [1.54, 1.807) is 6.92 Å². The summed E-state index contributed by atoms with van der Waals surface area (Å²) in [4.78, 5) is 15.6. The molecule has 2 rings (SSSR count). The van der Waals surface area contributed by atoms with Gasteiger partial charge in [-0.1, -0.05) is 25.7 Å². The van der Waals surface area contributed by atoms with Gasteiger partial charge in [0.2, 0.25) is 5.82 Å². The van der Waals surface area contributed by atoms with Crippen LogP contribution in [-0.4, -0.2) is 27.6 Å². The molecule has 88 valence electrons. The molecular formula is C11H18N4O. The number of nitrogens with one attached hydrogen (secondary N) is 2. The SMILES string of the molecule is Cc1nc(C(=O)NCCC2CCCC2)n[nH]1. The molecule has 2 N–H and O–H groups in total. The lowest BCUT2D eigenvalue weighted by atomic mass is 10.0. The molecule has 1 fully saturated rings. The van der Waals surface area contributed by atoms with E-state index < -0.39 is 0 Å². The monoisotopic (exact) mass is 222 g/mol. The molecule has 1 heterocycles. The molecule has 0 atom stereocenters. The van der Waals surface area contributed by atoms with Crippen LogP contribution in [-0.2, 0) is 0 Å². The average Bonchev–Trinajstić information content (AvgIpc) is 2.89. The van der Waals surface area contributed by atoms with Crippen molar-refractivity contribution in [3.05, 3.63) is 11.6 Å². The summed E-state index contributed by atoms with van der Waals surface area (Å²) < 4.78 is 0. The van der Waals surface area contributed by atoms with Gasteiger partial charge in [0, 0.05) is 6.54 Å². The first kappa shape index (κ1) is 11.1. The highest BCUT2D eigenvalue weighted by Gasteiger charge is 2.15.